The normalized spacial score (nSPS) is 11.7. The molecule has 1 aromatic carbocycles. The third kappa shape index (κ3) is 1.81. The van der Waals surface area contributed by atoms with Crippen molar-refractivity contribution in [1.82, 2.24) is 0 Å². The minimum atomic E-state index is -0.234. The number of rotatable bonds is 1. The average Bonchev–Trinajstić information content (AvgIpc) is 2.04. The van der Waals surface area contributed by atoms with Gasteiger partial charge in [-0.05, 0) is 18.6 Å². The topological polar surface area (TPSA) is 0 Å². The fraction of sp³-hybridized carbons (Fsp3) is 0.111. The van der Waals surface area contributed by atoms with Crippen LogP contribution in [-0.2, 0) is 0 Å². The summed E-state index contributed by atoms with van der Waals surface area (Å²) in [5.41, 5.74) is 2.67. The molecule has 0 nitrogen and oxygen atoms in total. The van der Waals surface area contributed by atoms with Crippen LogP contribution in [0.15, 0.2) is 29.8 Å². The Labute approximate surface area is 70.3 Å². The van der Waals surface area contributed by atoms with E-state index in [1.54, 1.807) is 25.1 Å². The number of allylic oxidation sites excluding steroid dienone is 1. The van der Waals surface area contributed by atoms with Crippen LogP contribution >= 0.6 is 11.6 Å². The first-order valence-electron chi connectivity index (χ1n) is 3.27. The maximum Gasteiger partial charge on any atom is 0.130 e. The van der Waals surface area contributed by atoms with Crippen molar-refractivity contribution >= 4 is 17.2 Å². The molecule has 0 radical (unpaired) electrons. The first kappa shape index (κ1) is 8.28. The Morgan fingerprint density at radius 1 is 1.45 bits per heavy atom. The lowest BCUT2D eigenvalue weighted by Crippen LogP contribution is -1.83. The largest absolute Gasteiger partial charge is 0.206 e. The summed E-state index contributed by atoms with van der Waals surface area (Å²) in [5.74, 6) is -0.234. The molecule has 0 fully saturated rings. The lowest BCUT2D eigenvalue weighted by Gasteiger charge is -1.99. The van der Waals surface area contributed by atoms with Gasteiger partial charge in [-0.15, -0.1) is 0 Å². The first-order chi connectivity index (χ1) is 5.25. The van der Waals surface area contributed by atoms with Gasteiger partial charge in [0.25, 0.3) is 0 Å². The zero-order valence-corrected chi connectivity index (χ0v) is 6.90. The third-order valence-corrected chi connectivity index (χ3v) is 1.79. The van der Waals surface area contributed by atoms with Crippen molar-refractivity contribution in [2.75, 3.05) is 0 Å². The van der Waals surface area contributed by atoms with E-state index in [4.69, 9.17) is 11.6 Å². The molecule has 0 bridgehead atoms. The molecule has 0 aromatic heterocycles. The Kier molecular flexibility index (Phi) is 2.66. The van der Waals surface area contributed by atoms with Gasteiger partial charge in [-0.25, -0.2) is 4.39 Å². The highest BCUT2D eigenvalue weighted by Crippen LogP contribution is 2.17. The van der Waals surface area contributed by atoms with Gasteiger partial charge in [0, 0.05) is 11.1 Å². The summed E-state index contributed by atoms with van der Waals surface area (Å²) in [6.07, 6.45) is 0. The summed E-state index contributed by atoms with van der Waals surface area (Å²) < 4.78 is 12.9. The first-order valence-corrected chi connectivity index (χ1v) is 3.71. The fourth-order valence-corrected chi connectivity index (χ4v) is 0.957. The molecule has 0 unspecified atom stereocenters. The summed E-state index contributed by atoms with van der Waals surface area (Å²) in [6, 6.07) is 6.55. The van der Waals surface area contributed by atoms with Gasteiger partial charge in [-0.2, -0.15) is 0 Å². The van der Waals surface area contributed by atoms with Crippen molar-refractivity contribution in [3.8, 4) is 0 Å². The van der Waals surface area contributed by atoms with Crippen LogP contribution in [0.4, 0.5) is 4.39 Å². The highest BCUT2D eigenvalue weighted by molar-refractivity contribution is 6.28. The summed E-state index contributed by atoms with van der Waals surface area (Å²) in [6.45, 7) is 1.77. The van der Waals surface area contributed by atoms with Crippen molar-refractivity contribution in [3.05, 3.63) is 41.2 Å². The van der Waals surface area contributed by atoms with E-state index >= 15 is 0 Å². The molecule has 0 saturated carbocycles. The molecular weight excluding hydrogens is 163 g/mol. The Bertz CT molecular complexity index is 279. The molecule has 1 aromatic rings. The minimum Gasteiger partial charge on any atom is -0.206 e. The fourth-order valence-electron chi connectivity index (χ4n) is 0.840. The number of benzene rings is 1. The van der Waals surface area contributed by atoms with Crippen molar-refractivity contribution in [3.63, 3.8) is 0 Å². The van der Waals surface area contributed by atoms with Crippen molar-refractivity contribution in [1.29, 1.82) is 0 Å². The molecule has 58 valence electrons. The van der Waals surface area contributed by atoms with Gasteiger partial charge in [0.15, 0.2) is 0 Å². The van der Waals surface area contributed by atoms with Crippen LogP contribution in [0.1, 0.15) is 12.5 Å². The van der Waals surface area contributed by atoms with E-state index in [0.717, 1.165) is 5.57 Å². The second kappa shape index (κ2) is 3.54. The summed E-state index contributed by atoms with van der Waals surface area (Å²) in [7, 11) is 0. The van der Waals surface area contributed by atoms with E-state index in [2.05, 4.69) is 0 Å². The average molecular weight is 171 g/mol. The molecule has 1 rings (SSSR count). The van der Waals surface area contributed by atoms with E-state index < -0.39 is 0 Å². The Morgan fingerprint density at radius 3 is 2.64 bits per heavy atom. The SMILES string of the molecule is CC(=CCl)c1ccccc1F. The smallest absolute Gasteiger partial charge is 0.130 e. The molecule has 0 aliphatic heterocycles. The van der Waals surface area contributed by atoms with Crippen LogP contribution in [0.3, 0.4) is 0 Å². The Balaban J connectivity index is 3.14. The number of hydrogen-bond donors (Lipinski definition) is 0. The van der Waals surface area contributed by atoms with Crippen LogP contribution in [-0.4, -0.2) is 0 Å². The van der Waals surface area contributed by atoms with E-state index in [-0.39, 0.29) is 5.82 Å². The summed E-state index contributed by atoms with van der Waals surface area (Å²) >= 11 is 5.43. The highest BCUT2D eigenvalue weighted by atomic mass is 35.5. The van der Waals surface area contributed by atoms with Gasteiger partial charge in [0.1, 0.15) is 5.82 Å². The van der Waals surface area contributed by atoms with Gasteiger partial charge in [-0.3, -0.25) is 0 Å². The van der Waals surface area contributed by atoms with Crippen molar-refractivity contribution < 1.29 is 4.39 Å². The molecule has 0 amide bonds. The van der Waals surface area contributed by atoms with Crippen LogP contribution in [0.25, 0.3) is 5.57 Å². The van der Waals surface area contributed by atoms with E-state index in [9.17, 15) is 4.39 Å². The summed E-state index contributed by atoms with van der Waals surface area (Å²) in [4.78, 5) is 0. The van der Waals surface area contributed by atoms with E-state index in [1.165, 1.54) is 11.6 Å². The molecule has 0 aliphatic carbocycles. The standard InChI is InChI=1S/C9H8ClF/c1-7(6-10)8-4-2-3-5-9(8)11/h2-6H,1H3. The Hall–Kier alpha value is -0.820. The van der Waals surface area contributed by atoms with E-state index in [1.807, 2.05) is 0 Å². The molecule has 0 heterocycles. The molecule has 0 spiro atoms. The quantitative estimate of drug-likeness (QED) is 0.606. The third-order valence-electron chi connectivity index (χ3n) is 1.46. The maximum atomic E-state index is 12.9. The van der Waals surface area contributed by atoms with Gasteiger partial charge in [0.05, 0.1) is 0 Å². The van der Waals surface area contributed by atoms with E-state index in [0.29, 0.717) is 5.56 Å². The molecule has 2 heteroatoms. The number of hydrogen-bond acceptors (Lipinski definition) is 0. The van der Waals surface area contributed by atoms with Crippen molar-refractivity contribution in [2.24, 2.45) is 0 Å². The monoisotopic (exact) mass is 170 g/mol. The second-order valence-electron chi connectivity index (χ2n) is 2.27. The summed E-state index contributed by atoms with van der Waals surface area (Å²) in [5, 5.41) is 0. The van der Waals surface area contributed by atoms with Crippen LogP contribution in [0, 0.1) is 5.82 Å². The van der Waals surface area contributed by atoms with Gasteiger partial charge in [-0.1, -0.05) is 29.8 Å². The lowest BCUT2D eigenvalue weighted by atomic mass is 10.1. The predicted octanol–water partition coefficient (Wildman–Crippen LogP) is 3.43. The zero-order chi connectivity index (χ0) is 8.27. The molecule has 0 aliphatic rings. The van der Waals surface area contributed by atoms with Crippen molar-refractivity contribution in [2.45, 2.75) is 6.92 Å². The van der Waals surface area contributed by atoms with Gasteiger partial charge >= 0.3 is 0 Å². The van der Waals surface area contributed by atoms with Crippen LogP contribution in [0.2, 0.25) is 0 Å². The molecule has 0 saturated heterocycles. The number of halogens is 2. The van der Waals surface area contributed by atoms with Gasteiger partial charge in [0.2, 0.25) is 0 Å². The molecule has 0 N–H and O–H groups in total. The zero-order valence-electron chi connectivity index (χ0n) is 6.14. The predicted molar refractivity (Wildman–Crippen MR) is 45.9 cm³/mol. The Morgan fingerprint density at radius 2 is 2.09 bits per heavy atom. The maximum absolute atomic E-state index is 12.9. The molecule has 0 atom stereocenters. The van der Waals surface area contributed by atoms with Crippen LogP contribution in [0.5, 0.6) is 0 Å². The van der Waals surface area contributed by atoms with Crippen LogP contribution < -0.4 is 0 Å². The molecule has 11 heavy (non-hydrogen) atoms. The highest BCUT2D eigenvalue weighted by Gasteiger charge is 2.00. The second-order valence-corrected chi connectivity index (χ2v) is 2.49. The lowest BCUT2D eigenvalue weighted by molar-refractivity contribution is 0.624. The minimum absolute atomic E-state index is 0.234. The van der Waals surface area contributed by atoms with Gasteiger partial charge < -0.3 is 0 Å². The molecular formula is C9H8ClF.